The zero-order chi connectivity index (χ0) is 19.7. The zero-order valence-electron chi connectivity index (χ0n) is 16.0. The molecule has 0 atom stereocenters. The van der Waals surface area contributed by atoms with E-state index in [-0.39, 0.29) is 12.3 Å². The molecule has 0 aromatic carbocycles. The Morgan fingerprint density at radius 2 is 1.42 bits per heavy atom. The van der Waals surface area contributed by atoms with Crippen LogP contribution in [0.3, 0.4) is 0 Å². The van der Waals surface area contributed by atoms with Crippen LogP contribution in [-0.2, 0) is 9.59 Å². The predicted octanol–water partition coefficient (Wildman–Crippen LogP) is 5.88. The van der Waals surface area contributed by atoms with Crippen molar-refractivity contribution in [3.63, 3.8) is 0 Å². The summed E-state index contributed by atoms with van der Waals surface area (Å²) in [4.78, 5) is 22.2. The molecule has 0 fully saturated rings. The van der Waals surface area contributed by atoms with Gasteiger partial charge in [0.1, 0.15) is 0 Å². The lowest BCUT2D eigenvalue weighted by molar-refractivity contribution is -0.173. The van der Waals surface area contributed by atoms with Gasteiger partial charge in [-0.1, -0.05) is 64.4 Å². The predicted molar refractivity (Wildman–Crippen MR) is 98.9 cm³/mol. The lowest BCUT2D eigenvalue weighted by Gasteiger charge is -2.07. The van der Waals surface area contributed by atoms with E-state index in [2.05, 4.69) is 6.92 Å². The van der Waals surface area contributed by atoms with Gasteiger partial charge in [0.2, 0.25) is 0 Å². The summed E-state index contributed by atoms with van der Waals surface area (Å²) < 4.78 is 35.8. The fraction of sp³-hybridized carbons (Fsp3) is 0.800. The number of halogens is 3. The molecule has 0 spiro atoms. The van der Waals surface area contributed by atoms with Crippen molar-refractivity contribution >= 4 is 11.7 Å². The Kier molecular flexibility index (Phi) is 15.1. The topological polar surface area (TPSA) is 46.2 Å². The number of rotatable bonds is 16. The van der Waals surface area contributed by atoms with Gasteiger partial charge in [0, 0.05) is 13.0 Å². The van der Waals surface area contributed by atoms with Crippen LogP contribution in [0.15, 0.2) is 12.2 Å². The summed E-state index contributed by atoms with van der Waals surface area (Å²) in [5, 5.41) is 1.86. The molecule has 0 saturated heterocycles. The van der Waals surface area contributed by atoms with E-state index in [1.807, 2.05) is 11.4 Å². The number of ketones is 1. The van der Waals surface area contributed by atoms with Crippen molar-refractivity contribution < 1.29 is 22.8 Å². The highest BCUT2D eigenvalue weighted by Crippen LogP contribution is 2.14. The second kappa shape index (κ2) is 15.9. The monoisotopic (exact) mass is 377 g/mol. The van der Waals surface area contributed by atoms with Gasteiger partial charge in [-0.25, -0.2) is 0 Å². The minimum atomic E-state index is -4.79. The number of nitrogens with one attached hydrogen (secondary N) is 1. The van der Waals surface area contributed by atoms with Crippen LogP contribution in [0.4, 0.5) is 13.2 Å². The van der Waals surface area contributed by atoms with Gasteiger partial charge in [-0.3, -0.25) is 9.59 Å². The van der Waals surface area contributed by atoms with Crippen LogP contribution in [0.25, 0.3) is 0 Å². The van der Waals surface area contributed by atoms with Crippen molar-refractivity contribution in [2.75, 3.05) is 6.54 Å². The standard InChI is InChI=1S/C20H34F3NO2/c1-2-3-4-5-9-12-15-18(25)16-13-10-7-6-8-11-14-17-24-19(26)20(21,22)23/h13,16H,2-12,14-15,17H2,1H3,(H,24,26)/b16-13+. The Morgan fingerprint density at radius 1 is 0.846 bits per heavy atom. The largest absolute Gasteiger partial charge is 0.471 e. The molecule has 0 heterocycles. The molecule has 0 aliphatic heterocycles. The quantitative estimate of drug-likeness (QED) is 0.270. The Labute approximate surface area is 155 Å². The first kappa shape index (κ1) is 24.7. The lowest BCUT2D eigenvalue weighted by atomic mass is 10.1. The summed E-state index contributed by atoms with van der Waals surface area (Å²) in [6.45, 7) is 2.25. The van der Waals surface area contributed by atoms with Crippen LogP contribution in [0.5, 0.6) is 0 Å². The molecule has 26 heavy (non-hydrogen) atoms. The van der Waals surface area contributed by atoms with Crippen LogP contribution in [0.2, 0.25) is 0 Å². The Hall–Kier alpha value is -1.33. The Morgan fingerprint density at radius 3 is 2.08 bits per heavy atom. The molecule has 0 aliphatic carbocycles. The van der Waals surface area contributed by atoms with E-state index in [4.69, 9.17) is 0 Å². The number of hydrogen-bond acceptors (Lipinski definition) is 2. The molecule has 0 radical (unpaired) electrons. The maximum Gasteiger partial charge on any atom is 0.471 e. The molecule has 0 saturated carbocycles. The Balaban J connectivity index is 3.39. The molecule has 1 amide bonds. The van der Waals surface area contributed by atoms with Crippen molar-refractivity contribution in [2.24, 2.45) is 0 Å². The van der Waals surface area contributed by atoms with Gasteiger partial charge in [0.05, 0.1) is 0 Å². The second-order valence-electron chi connectivity index (χ2n) is 6.70. The first-order valence-electron chi connectivity index (χ1n) is 9.92. The number of allylic oxidation sites excluding steroid dienone is 2. The van der Waals surface area contributed by atoms with E-state index < -0.39 is 12.1 Å². The third-order valence-corrected chi connectivity index (χ3v) is 4.17. The van der Waals surface area contributed by atoms with Gasteiger partial charge in [-0.15, -0.1) is 0 Å². The number of carbonyl (C=O) groups is 2. The molecule has 0 rings (SSSR count). The minimum absolute atomic E-state index is 0.0607. The SMILES string of the molecule is CCCCCCCCC(=O)/C=C/CCCCCCCNC(=O)C(F)(F)F. The summed E-state index contributed by atoms with van der Waals surface area (Å²) in [6.07, 6.45) is 11.6. The molecule has 3 nitrogen and oxygen atoms in total. The van der Waals surface area contributed by atoms with E-state index in [0.717, 1.165) is 44.9 Å². The molecule has 0 aliphatic rings. The summed E-state index contributed by atoms with van der Waals surface area (Å²) in [5.74, 6) is -1.67. The highest BCUT2D eigenvalue weighted by molar-refractivity contribution is 5.89. The Bertz CT molecular complexity index is 406. The number of carbonyl (C=O) groups excluding carboxylic acids is 2. The molecular formula is C20H34F3NO2. The van der Waals surface area contributed by atoms with Gasteiger partial charge in [0.25, 0.3) is 0 Å². The molecule has 0 unspecified atom stereocenters. The maximum atomic E-state index is 11.9. The molecular weight excluding hydrogens is 343 g/mol. The van der Waals surface area contributed by atoms with Crippen molar-refractivity contribution in [2.45, 2.75) is 96.6 Å². The van der Waals surface area contributed by atoms with Crippen LogP contribution in [0.1, 0.15) is 90.4 Å². The van der Waals surface area contributed by atoms with Crippen molar-refractivity contribution in [1.29, 1.82) is 0 Å². The number of unbranched alkanes of at least 4 members (excludes halogenated alkanes) is 10. The third kappa shape index (κ3) is 16.2. The normalized spacial score (nSPS) is 11.8. The maximum absolute atomic E-state index is 11.9. The molecule has 152 valence electrons. The summed E-state index contributed by atoms with van der Waals surface area (Å²) in [7, 11) is 0. The van der Waals surface area contributed by atoms with Gasteiger partial charge < -0.3 is 5.32 Å². The first-order valence-corrected chi connectivity index (χ1v) is 9.92. The molecule has 6 heteroatoms. The fourth-order valence-electron chi connectivity index (χ4n) is 2.60. The highest BCUT2D eigenvalue weighted by Gasteiger charge is 2.38. The van der Waals surface area contributed by atoms with Crippen LogP contribution >= 0.6 is 0 Å². The summed E-state index contributed by atoms with van der Waals surface area (Å²) >= 11 is 0. The molecule has 0 aromatic heterocycles. The average molecular weight is 377 g/mol. The smallest absolute Gasteiger partial charge is 0.348 e. The van der Waals surface area contributed by atoms with Gasteiger partial charge in [-0.2, -0.15) is 13.2 Å². The number of hydrogen-bond donors (Lipinski definition) is 1. The highest BCUT2D eigenvalue weighted by atomic mass is 19.4. The lowest BCUT2D eigenvalue weighted by Crippen LogP contribution is -2.37. The van der Waals surface area contributed by atoms with E-state index in [1.54, 1.807) is 6.08 Å². The average Bonchev–Trinajstić information content (AvgIpc) is 2.58. The van der Waals surface area contributed by atoms with Gasteiger partial charge >= 0.3 is 12.1 Å². The second-order valence-corrected chi connectivity index (χ2v) is 6.70. The third-order valence-electron chi connectivity index (χ3n) is 4.17. The molecule has 0 bridgehead atoms. The van der Waals surface area contributed by atoms with E-state index in [1.165, 1.54) is 25.7 Å². The van der Waals surface area contributed by atoms with Crippen LogP contribution < -0.4 is 5.32 Å². The van der Waals surface area contributed by atoms with Crippen molar-refractivity contribution in [1.82, 2.24) is 5.32 Å². The van der Waals surface area contributed by atoms with E-state index in [0.29, 0.717) is 12.8 Å². The van der Waals surface area contributed by atoms with Crippen molar-refractivity contribution in [3.8, 4) is 0 Å². The number of alkyl halides is 3. The van der Waals surface area contributed by atoms with Gasteiger partial charge in [-0.05, 0) is 31.8 Å². The molecule has 0 aromatic rings. The summed E-state index contributed by atoms with van der Waals surface area (Å²) in [6, 6.07) is 0. The van der Waals surface area contributed by atoms with E-state index in [9.17, 15) is 22.8 Å². The zero-order valence-corrected chi connectivity index (χ0v) is 16.0. The molecule has 1 N–H and O–H groups in total. The van der Waals surface area contributed by atoms with Crippen LogP contribution in [0, 0.1) is 0 Å². The minimum Gasteiger partial charge on any atom is -0.348 e. The fourth-order valence-corrected chi connectivity index (χ4v) is 2.60. The van der Waals surface area contributed by atoms with Crippen LogP contribution in [-0.4, -0.2) is 24.4 Å². The van der Waals surface area contributed by atoms with Crippen molar-refractivity contribution in [3.05, 3.63) is 12.2 Å². The van der Waals surface area contributed by atoms with E-state index >= 15 is 0 Å². The van der Waals surface area contributed by atoms with Gasteiger partial charge in [0.15, 0.2) is 5.78 Å². The summed E-state index contributed by atoms with van der Waals surface area (Å²) in [5.41, 5.74) is 0. The number of amides is 1. The first-order chi connectivity index (χ1) is 12.4.